The smallest absolute Gasteiger partial charge is 0.449 e. The molecular formula is C22H26FN3O5. The van der Waals surface area contributed by atoms with E-state index < -0.39 is 17.4 Å². The highest BCUT2D eigenvalue weighted by Gasteiger charge is 2.32. The van der Waals surface area contributed by atoms with Crippen molar-refractivity contribution in [2.45, 2.75) is 51.7 Å². The van der Waals surface area contributed by atoms with Gasteiger partial charge in [0.1, 0.15) is 11.6 Å². The fraction of sp³-hybridized carbons (Fsp3) is 0.500. The van der Waals surface area contributed by atoms with Crippen LogP contribution in [0.3, 0.4) is 0 Å². The van der Waals surface area contributed by atoms with Gasteiger partial charge in [0, 0.05) is 31.2 Å². The molecule has 1 aromatic carbocycles. The van der Waals surface area contributed by atoms with Crippen molar-refractivity contribution in [2.24, 2.45) is 0 Å². The van der Waals surface area contributed by atoms with Crippen LogP contribution in [-0.4, -0.2) is 58.2 Å². The zero-order chi connectivity index (χ0) is 22.4. The molecule has 2 aromatic rings. The molecule has 0 amide bonds. The second kappa shape index (κ2) is 7.96. The van der Waals surface area contributed by atoms with Gasteiger partial charge in [-0.15, -0.1) is 0 Å². The van der Waals surface area contributed by atoms with E-state index in [1.54, 1.807) is 13.0 Å². The molecule has 1 saturated carbocycles. The Labute approximate surface area is 178 Å². The normalized spacial score (nSPS) is 22.0. The number of rotatable bonds is 5. The number of carbonyl (C=O) groups excluding carboxylic acids is 1. The first-order valence-corrected chi connectivity index (χ1v) is 10.4. The summed E-state index contributed by atoms with van der Waals surface area (Å²) in [4.78, 5) is 39.3. The predicted octanol–water partition coefficient (Wildman–Crippen LogP) is 3.02. The maximum absolute atomic E-state index is 15.2. The molecule has 4 rings (SSSR count). The highest BCUT2D eigenvalue weighted by atomic mass is 19.1. The highest BCUT2D eigenvalue weighted by molar-refractivity contribution is 5.85. The second-order valence-electron chi connectivity index (χ2n) is 8.63. The molecule has 0 spiro atoms. The lowest BCUT2D eigenvalue weighted by molar-refractivity contribution is -0.119. The van der Waals surface area contributed by atoms with E-state index in [2.05, 4.69) is 9.64 Å². The number of carboxylic acid groups (broad SMARTS) is 1. The van der Waals surface area contributed by atoms with Crippen LogP contribution in [0.1, 0.15) is 39.7 Å². The molecule has 1 aromatic heterocycles. The topological polar surface area (TPSA) is 92.1 Å². The van der Waals surface area contributed by atoms with E-state index >= 15 is 4.39 Å². The molecule has 0 radical (unpaired) electrons. The number of pyridine rings is 1. The third-order valence-corrected chi connectivity index (χ3v) is 6.05. The molecule has 9 heteroatoms. The Kier molecular flexibility index (Phi) is 5.47. The number of aromatic nitrogens is 1. The molecule has 1 saturated heterocycles. The number of fused-ring (bicyclic) bond motifs is 1. The van der Waals surface area contributed by atoms with Crippen LogP contribution in [0.25, 0.3) is 10.9 Å². The molecule has 2 fully saturated rings. The number of ether oxygens (including phenoxy) is 1. The number of nitrogens with zero attached hydrogens (tertiary/aromatic N) is 3. The Morgan fingerprint density at radius 1 is 1.19 bits per heavy atom. The lowest BCUT2D eigenvalue weighted by Crippen LogP contribution is -2.58. The van der Waals surface area contributed by atoms with Crippen molar-refractivity contribution >= 4 is 28.5 Å². The van der Waals surface area contributed by atoms with Gasteiger partial charge in [-0.2, -0.15) is 0 Å². The number of hydrogen-bond acceptors (Lipinski definition) is 6. The Balaban J connectivity index is 1.76. The summed E-state index contributed by atoms with van der Waals surface area (Å²) in [5, 5.41) is 9.03. The van der Waals surface area contributed by atoms with Crippen molar-refractivity contribution in [3.05, 3.63) is 34.4 Å². The van der Waals surface area contributed by atoms with Gasteiger partial charge in [0.25, 0.3) is 0 Å². The van der Waals surface area contributed by atoms with Gasteiger partial charge in [0.2, 0.25) is 5.43 Å². The number of piperazine rings is 1. The van der Waals surface area contributed by atoms with E-state index in [-0.39, 0.29) is 35.0 Å². The summed E-state index contributed by atoms with van der Waals surface area (Å²) < 4.78 is 21.6. The monoisotopic (exact) mass is 431 g/mol. The van der Waals surface area contributed by atoms with Crippen LogP contribution in [0.4, 0.5) is 14.9 Å². The molecule has 8 nitrogen and oxygen atoms in total. The molecule has 1 N–H and O–H groups in total. The van der Waals surface area contributed by atoms with E-state index in [1.807, 2.05) is 23.3 Å². The number of carbonyl (C=O) groups is 2. The van der Waals surface area contributed by atoms with E-state index in [9.17, 15) is 14.4 Å². The number of ketones is 1. The minimum atomic E-state index is -1.58. The van der Waals surface area contributed by atoms with E-state index in [4.69, 9.17) is 5.11 Å². The average molecular weight is 431 g/mol. The Bertz CT molecular complexity index is 1100. The van der Waals surface area contributed by atoms with Crippen LogP contribution >= 0.6 is 0 Å². The average Bonchev–Trinajstić information content (AvgIpc) is 3.51. The van der Waals surface area contributed by atoms with Crippen molar-refractivity contribution < 1.29 is 23.8 Å². The number of hydrogen-bond donors (Lipinski definition) is 1. The Hall–Kier alpha value is -2.94. The molecule has 0 bridgehead atoms. The summed E-state index contributed by atoms with van der Waals surface area (Å²) in [7, 11) is 0. The quantitative estimate of drug-likeness (QED) is 0.728. The fourth-order valence-electron chi connectivity index (χ4n) is 4.52. The zero-order valence-corrected chi connectivity index (χ0v) is 17.8. The van der Waals surface area contributed by atoms with E-state index in [0.29, 0.717) is 30.8 Å². The molecule has 2 aliphatic rings. The van der Waals surface area contributed by atoms with Crippen LogP contribution in [0.2, 0.25) is 0 Å². The third-order valence-electron chi connectivity index (χ3n) is 6.05. The van der Waals surface area contributed by atoms with Crippen LogP contribution in [0.15, 0.2) is 23.1 Å². The van der Waals surface area contributed by atoms with Crippen LogP contribution < -0.4 is 15.1 Å². The minimum Gasteiger partial charge on any atom is -0.449 e. The maximum atomic E-state index is 15.2. The summed E-state index contributed by atoms with van der Waals surface area (Å²) in [5.41, 5.74) is 0.315. The molecule has 2 atom stereocenters. The molecule has 1 aliphatic heterocycles. The lowest BCUT2D eigenvalue weighted by atomic mass is 10.1. The van der Waals surface area contributed by atoms with Gasteiger partial charge in [-0.3, -0.25) is 14.5 Å². The largest absolute Gasteiger partial charge is 0.511 e. The first kappa shape index (κ1) is 21.3. The van der Waals surface area contributed by atoms with Gasteiger partial charge in [-0.05, 0) is 45.7 Å². The van der Waals surface area contributed by atoms with Gasteiger partial charge in [-0.25, -0.2) is 9.18 Å². The Morgan fingerprint density at radius 2 is 1.84 bits per heavy atom. The molecule has 2 heterocycles. The summed E-state index contributed by atoms with van der Waals surface area (Å²) in [6, 6.07) is 3.09. The first-order chi connectivity index (χ1) is 14.7. The van der Waals surface area contributed by atoms with Crippen molar-refractivity contribution in [2.75, 3.05) is 24.5 Å². The number of halogens is 1. The molecule has 166 valence electrons. The van der Waals surface area contributed by atoms with Crippen LogP contribution in [-0.2, 0) is 4.79 Å². The molecular weight excluding hydrogens is 405 g/mol. The second-order valence-corrected chi connectivity index (χ2v) is 8.63. The van der Waals surface area contributed by atoms with Crippen molar-refractivity contribution in [3.8, 4) is 5.75 Å². The van der Waals surface area contributed by atoms with Crippen LogP contribution in [0, 0.1) is 5.82 Å². The summed E-state index contributed by atoms with van der Waals surface area (Å²) >= 11 is 0. The first-order valence-electron chi connectivity index (χ1n) is 10.4. The summed E-state index contributed by atoms with van der Waals surface area (Å²) in [6.07, 6.45) is 1.63. The molecule has 1 aliphatic carbocycles. The van der Waals surface area contributed by atoms with E-state index in [1.165, 1.54) is 12.3 Å². The highest BCUT2D eigenvalue weighted by Crippen LogP contribution is 2.39. The summed E-state index contributed by atoms with van der Waals surface area (Å²) in [6.45, 7) is 7.06. The maximum Gasteiger partial charge on any atom is 0.511 e. The predicted molar refractivity (Wildman–Crippen MR) is 114 cm³/mol. The molecule has 2 unspecified atom stereocenters. The standard InChI is InChI=1S/C22H26FN3O5/c1-12-8-24(9-13(2)25(12)10-14(3)27)19-7-18-16(6-17(19)23)21(28)20(31-22(29)30)11-26(18)15-4-5-15/h6-7,11-13,15H,4-5,8-10H2,1-3H3,(H,29,30). The zero-order valence-electron chi connectivity index (χ0n) is 17.8. The van der Waals surface area contributed by atoms with Gasteiger partial charge in [0.15, 0.2) is 5.75 Å². The lowest BCUT2D eigenvalue weighted by Gasteiger charge is -2.45. The van der Waals surface area contributed by atoms with Gasteiger partial charge < -0.3 is 19.3 Å². The number of anilines is 1. The minimum absolute atomic E-state index is 0.0553. The number of Topliss-reactive ketones (excluding diaryl/α,β-unsaturated/α-hetero) is 1. The van der Waals surface area contributed by atoms with Gasteiger partial charge >= 0.3 is 6.16 Å². The number of benzene rings is 1. The summed E-state index contributed by atoms with van der Waals surface area (Å²) in [5.74, 6) is -0.769. The van der Waals surface area contributed by atoms with Crippen molar-refractivity contribution in [3.63, 3.8) is 0 Å². The molecule has 31 heavy (non-hydrogen) atoms. The third kappa shape index (κ3) is 4.14. The van der Waals surface area contributed by atoms with Crippen molar-refractivity contribution in [1.82, 2.24) is 9.47 Å². The fourth-order valence-corrected chi connectivity index (χ4v) is 4.52. The SMILES string of the molecule is CC(=O)CN1C(C)CN(c2cc3c(cc2F)c(=O)c(OC(=O)O)cn3C2CC2)CC1C. The van der Waals surface area contributed by atoms with Crippen molar-refractivity contribution in [1.29, 1.82) is 0 Å². The van der Waals surface area contributed by atoms with Crippen LogP contribution in [0.5, 0.6) is 5.75 Å². The Morgan fingerprint density at radius 3 is 2.39 bits per heavy atom. The van der Waals surface area contributed by atoms with E-state index in [0.717, 1.165) is 12.8 Å². The van der Waals surface area contributed by atoms with Gasteiger partial charge in [-0.1, -0.05) is 0 Å². The van der Waals surface area contributed by atoms with Gasteiger partial charge in [0.05, 0.1) is 29.3 Å².